The summed E-state index contributed by atoms with van der Waals surface area (Å²) >= 11 is 0. The van der Waals surface area contributed by atoms with Crippen molar-refractivity contribution in [1.29, 1.82) is 0 Å². The van der Waals surface area contributed by atoms with Gasteiger partial charge in [0.1, 0.15) is 11.6 Å². The van der Waals surface area contributed by atoms with Gasteiger partial charge in [-0.25, -0.2) is 4.98 Å². The maximum absolute atomic E-state index is 11.9. The van der Waals surface area contributed by atoms with Gasteiger partial charge in [-0.05, 0) is 51.0 Å². The smallest absolute Gasteiger partial charge is 0.224 e. The first-order valence-electron chi connectivity index (χ1n) is 7.00. The third-order valence-corrected chi connectivity index (χ3v) is 3.26. The fourth-order valence-corrected chi connectivity index (χ4v) is 2.20. The minimum Gasteiger partial charge on any atom is -0.399 e. The SMILES string of the molecule is Cc1nc(C)n(CCCC(=O)Nc2ccc(N)cc2C)n1. The van der Waals surface area contributed by atoms with Gasteiger partial charge in [0.15, 0.2) is 0 Å². The van der Waals surface area contributed by atoms with Gasteiger partial charge in [0.05, 0.1) is 0 Å². The molecule has 1 amide bonds. The normalized spacial score (nSPS) is 10.6. The summed E-state index contributed by atoms with van der Waals surface area (Å²) in [5, 5.41) is 7.18. The summed E-state index contributed by atoms with van der Waals surface area (Å²) in [7, 11) is 0. The number of nitrogens with two attached hydrogens (primary N) is 1. The van der Waals surface area contributed by atoms with Crippen LogP contribution in [0, 0.1) is 20.8 Å². The number of aromatic nitrogens is 3. The summed E-state index contributed by atoms with van der Waals surface area (Å²) < 4.78 is 1.83. The van der Waals surface area contributed by atoms with E-state index in [0.717, 1.165) is 29.3 Å². The minimum atomic E-state index is -0.00244. The Hall–Kier alpha value is -2.37. The van der Waals surface area contributed by atoms with Gasteiger partial charge >= 0.3 is 0 Å². The van der Waals surface area contributed by atoms with Gasteiger partial charge in [-0.15, -0.1) is 0 Å². The maximum atomic E-state index is 11.9. The van der Waals surface area contributed by atoms with Gasteiger partial charge < -0.3 is 11.1 Å². The number of benzene rings is 1. The largest absolute Gasteiger partial charge is 0.399 e. The number of anilines is 2. The molecule has 1 aromatic heterocycles. The second-order valence-electron chi connectivity index (χ2n) is 5.16. The number of nitrogens with zero attached hydrogens (tertiary/aromatic N) is 3. The molecule has 6 heteroatoms. The predicted molar refractivity (Wildman–Crippen MR) is 83.0 cm³/mol. The Morgan fingerprint density at radius 1 is 1.33 bits per heavy atom. The van der Waals surface area contributed by atoms with Crippen molar-refractivity contribution < 1.29 is 4.79 Å². The van der Waals surface area contributed by atoms with Gasteiger partial charge in [-0.3, -0.25) is 9.48 Å². The van der Waals surface area contributed by atoms with Crippen LogP contribution in [0.4, 0.5) is 11.4 Å². The van der Waals surface area contributed by atoms with E-state index in [1.165, 1.54) is 0 Å². The van der Waals surface area contributed by atoms with Gasteiger partial charge in [0.25, 0.3) is 0 Å². The van der Waals surface area contributed by atoms with Crippen LogP contribution < -0.4 is 11.1 Å². The van der Waals surface area contributed by atoms with Crippen LogP contribution in [0.5, 0.6) is 0 Å². The monoisotopic (exact) mass is 287 g/mol. The number of aryl methyl sites for hydroxylation is 4. The molecule has 0 atom stereocenters. The quantitative estimate of drug-likeness (QED) is 0.825. The molecule has 112 valence electrons. The van der Waals surface area contributed by atoms with Gasteiger partial charge in [-0.2, -0.15) is 5.10 Å². The maximum Gasteiger partial charge on any atom is 0.224 e. The van der Waals surface area contributed by atoms with Crippen LogP contribution in [-0.4, -0.2) is 20.7 Å². The molecule has 0 saturated heterocycles. The van der Waals surface area contributed by atoms with Crippen LogP contribution in [0.2, 0.25) is 0 Å². The first kappa shape index (κ1) is 15.0. The molecule has 2 aromatic rings. The average Bonchev–Trinajstić information content (AvgIpc) is 2.71. The molecule has 1 heterocycles. The van der Waals surface area contributed by atoms with Crippen molar-refractivity contribution in [2.75, 3.05) is 11.1 Å². The van der Waals surface area contributed by atoms with Crippen molar-refractivity contribution in [2.45, 2.75) is 40.2 Å². The molecule has 0 bridgehead atoms. The zero-order valence-electron chi connectivity index (χ0n) is 12.7. The van der Waals surface area contributed by atoms with Crippen LogP contribution in [-0.2, 0) is 11.3 Å². The second-order valence-corrected chi connectivity index (χ2v) is 5.16. The zero-order chi connectivity index (χ0) is 15.4. The molecule has 0 spiro atoms. The highest BCUT2D eigenvalue weighted by Crippen LogP contribution is 2.17. The lowest BCUT2D eigenvalue weighted by atomic mass is 10.1. The van der Waals surface area contributed by atoms with E-state index in [1.54, 1.807) is 6.07 Å². The number of carbonyl (C=O) groups is 1. The Balaban J connectivity index is 1.83. The van der Waals surface area contributed by atoms with Gasteiger partial charge in [0, 0.05) is 24.3 Å². The van der Waals surface area contributed by atoms with Crippen molar-refractivity contribution in [3.05, 3.63) is 35.4 Å². The molecular formula is C15H21N5O. The molecule has 0 aliphatic carbocycles. The summed E-state index contributed by atoms with van der Waals surface area (Å²) in [4.78, 5) is 16.2. The van der Waals surface area contributed by atoms with E-state index in [4.69, 9.17) is 5.73 Å². The number of nitrogens with one attached hydrogen (secondary N) is 1. The van der Waals surface area contributed by atoms with Gasteiger partial charge in [0.2, 0.25) is 5.91 Å². The zero-order valence-corrected chi connectivity index (χ0v) is 12.7. The van der Waals surface area contributed by atoms with Crippen molar-refractivity contribution in [3.8, 4) is 0 Å². The number of hydrogen-bond acceptors (Lipinski definition) is 4. The molecule has 2 rings (SSSR count). The first-order chi connectivity index (χ1) is 9.95. The Labute approximate surface area is 124 Å². The molecular weight excluding hydrogens is 266 g/mol. The Morgan fingerprint density at radius 2 is 2.10 bits per heavy atom. The van der Waals surface area contributed by atoms with E-state index in [-0.39, 0.29) is 5.91 Å². The highest BCUT2D eigenvalue weighted by atomic mass is 16.1. The van der Waals surface area contributed by atoms with Crippen molar-refractivity contribution in [3.63, 3.8) is 0 Å². The van der Waals surface area contributed by atoms with Crippen LogP contribution in [0.1, 0.15) is 30.1 Å². The Kier molecular flexibility index (Phi) is 4.57. The van der Waals surface area contributed by atoms with E-state index < -0.39 is 0 Å². The lowest BCUT2D eigenvalue weighted by Gasteiger charge is -2.09. The molecule has 0 saturated carbocycles. The molecule has 21 heavy (non-hydrogen) atoms. The highest BCUT2D eigenvalue weighted by molar-refractivity contribution is 5.91. The molecule has 6 nitrogen and oxygen atoms in total. The second kappa shape index (κ2) is 6.39. The van der Waals surface area contributed by atoms with Crippen LogP contribution in [0.25, 0.3) is 0 Å². The molecule has 0 aliphatic rings. The summed E-state index contributed by atoms with van der Waals surface area (Å²) in [6.45, 7) is 6.40. The third kappa shape index (κ3) is 4.05. The summed E-state index contributed by atoms with van der Waals surface area (Å²) in [6, 6.07) is 5.45. The summed E-state index contributed by atoms with van der Waals surface area (Å²) in [5.41, 5.74) is 8.16. The number of nitrogen functional groups attached to an aromatic ring is 1. The van der Waals surface area contributed by atoms with Crippen molar-refractivity contribution in [1.82, 2.24) is 14.8 Å². The van der Waals surface area contributed by atoms with Crippen LogP contribution in [0.15, 0.2) is 18.2 Å². The lowest BCUT2D eigenvalue weighted by Crippen LogP contribution is -2.14. The minimum absolute atomic E-state index is 0.00244. The average molecular weight is 287 g/mol. The van der Waals surface area contributed by atoms with E-state index in [0.29, 0.717) is 18.7 Å². The number of amides is 1. The topological polar surface area (TPSA) is 85.8 Å². The first-order valence-corrected chi connectivity index (χ1v) is 7.00. The fourth-order valence-electron chi connectivity index (χ4n) is 2.20. The molecule has 0 fully saturated rings. The summed E-state index contributed by atoms with van der Waals surface area (Å²) in [6.07, 6.45) is 1.17. The van der Waals surface area contributed by atoms with E-state index in [1.807, 2.05) is 37.6 Å². The third-order valence-electron chi connectivity index (χ3n) is 3.26. The van der Waals surface area contributed by atoms with E-state index in [9.17, 15) is 4.79 Å². The fraction of sp³-hybridized carbons (Fsp3) is 0.400. The molecule has 0 aliphatic heterocycles. The van der Waals surface area contributed by atoms with Gasteiger partial charge in [-0.1, -0.05) is 0 Å². The Bertz CT molecular complexity index is 648. The number of rotatable bonds is 5. The van der Waals surface area contributed by atoms with Crippen LogP contribution >= 0.6 is 0 Å². The van der Waals surface area contributed by atoms with E-state index in [2.05, 4.69) is 15.4 Å². The van der Waals surface area contributed by atoms with Crippen LogP contribution in [0.3, 0.4) is 0 Å². The van der Waals surface area contributed by atoms with Crippen molar-refractivity contribution >= 4 is 17.3 Å². The molecule has 0 unspecified atom stereocenters. The van der Waals surface area contributed by atoms with E-state index >= 15 is 0 Å². The lowest BCUT2D eigenvalue weighted by molar-refractivity contribution is -0.116. The predicted octanol–water partition coefficient (Wildman–Crippen LogP) is 2.20. The number of hydrogen-bond donors (Lipinski definition) is 2. The summed E-state index contributed by atoms with van der Waals surface area (Å²) in [5.74, 6) is 1.63. The Morgan fingerprint density at radius 3 is 2.71 bits per heavy atom. The number of carbonyl (C=O) groups excluding carboxylic acids is 1. The molecule has 3 N–H and O–H groups in total. The standard InChI is InChI=1S/C15H21N5O/c1-10-9-13(16)6-7-14(10)18-15(21)5-4-8-20-12(3)17-11(2)19-20/h6-7,9H,4-5,8,16H2,1-3H3,(H,18,21). The highest BCUT2D eigenvalue weighted by Gasteiger charge is 2.07. The molecule has 0 radical (unpaired) electrons. The van der Waals surface area contributed by atoms with Crippen molar-refractivity contribution in [2.24, 2.45) is 0 Å². The molecule has 1 aromatic carbocycles.